The van der Waals surface area contributed by atoms with Crippen LogP contribution in [0.25, 0.3) is 0 Å². The maximum Gasteiger partial charge on any atom is 0.276 e. The van der Waals surface area contributed by atoms with Gasteiger partial charge in [-0.3, -0.25) is 20.4 Å². The van der Waals surface area contributed by atoms with Crippen LogP contribution in [0.15, 0.2) is 48.5 Å². The lowest BCUT2D eigenvalue weighted by Crippen LogP contribution is -2.48. The molecular weight excluding hydrogens is 316 g/mol. The van der Waals surface area contributed by atoms with Crippen LogP contribution in [0.3, 0.4) is 0 Å². The Bertz CT molecular complexity index is 763. The molecule has 0 radical (unpaired) electrons. The molecule has 1 aliphatic rings. The maximum atomic E-state index is 12.4. The predicted octanol–water partition coefficient (Wildman–Crippen LogP) is 2.56. The Hall–Kier alpha value is -2.82. The lowest BCUT2D eigenvalue weighted by Gasteiger charge is -2.16. The molecule has 0 atom stereocenters. The molecule has 0 saturated heterocycles. The Morgan fingerprint density at radius 3 is 2.24 bits per heavy atom. The third-order valence-electron chi connectivity index (χ3n) is 4.39. The van der Waals surface area contributed by atoms with Gasteiger partial charge >= 0.3 is 0 Å². The fourth-order valence-corrected chi connectivity index (χ4v) is 2.98. The molecule has 0 bridgehead atoms. The molecule has 0 spiro atoms. The molecule has 25 heavy (non-hydrogen) atoms. The van der Waals surface area contributed by atoms with E-state index in [2.05, 4.69) is 10.9 Å². The quantitative estimate of drug-likeness (QED) is 0.824. The molecule has 130 valence electrons. The summed E-state index contributed by atoms with van der Waals surface area (Å²) in [6.07, 6.45) is 1.58. The van der Waals surface area contributed by atoms with Crippen LogP contribution in [0.1, 0.15) is 29.5 Å². The van der Waals surface area contributed by atoms with Gasteiger partial charge < -0.3 is 4.74 Å². The molecule has 2 N–H and O–H groups in total. The first kappa shape index (κ1) is 17.0. The van der Waals surface area contributed by atoms with Gasteiger partial charge in [-0.05, 0) is 55.5 Å². The van der Waals surface area contributed by atoms with Crippen molar-refractivity contribution in [2.75, 3.05) is 6.61 Å². The Balaban J connectivity index is 1.50. The average Bonchev–Trinajstić information content (AvgIpc) is 3.40. The molecule has 5 nitrogen and oxygen atoms in total. The minimum Gasteiger partial charge on any atom is -0.484 e. The van der Waals surface area contributed by atoms with Crippen LogP contribution in [0.4, 0.5) is 0 Å². The summed E-state index contributed by atoms with van der Waals surface area (Å²) in [5.41, 5.74) is 7.57. The zero-order valence-corrected chi connectivity index (χ0v) is 14.5. The van der Waals surface area contributed by atoms with E-state index >= 15 is 0 Å². The van der Waals surface area contributed by atoms with Crippen LogP contribution < -0.4 is 15.6 Å². The molecule has 2 amide bonds. The largest absolute Gasteiger partial charge is 0.484 e. The second-order valence-electron chi connectivity index (χ2n) is 6.56. The van der Waals surface area contributed by atoms with Gasteiger partial charge in [-0.2, -0.15) is 0 Å². The van der Waals surface area contributed by atoms with Crippen LogP contribution in [0.5, 0.6) is 5.75 Å². The minimum atomic E-state index is -0.511. The highest BCUT2D eigenvalue weighted by molar-refractivity contribution is 5.92. The summed E-state index contributed by atoms with van der Waals surface area (Å²) in [6.45, 7) is 3.79. The van der Waals surface area contributed by atoms with Crippen LogP contribution in [0, 0.1) is 13.8 Å². The van der Waals surface area contributed by atoms with E-state index in [4.69, 9.17) is 4.74 Å². The molecule has 5 heteroatoms. The molecule has 0 aromatic heterocycles. The molecule has 0 unspecified atom stereocenters. The Morgan fingerprint density at radius 1 is 1.00 bits per heavy atom. The lowest BCUT2D eigenvalue weighted by atomic mass is 9.95. The van der Waals surface area contributed by atoms with E-state index in [1.54, 1.807) is 0 Å². The number of aryl methyl sites for hydroxylation is 2. The molecule has 3 rings (SSSR count). The summed E-state index contributed by atoms with van der Waals surface area (Å²) in [4.78, 5) is 24.4. The van der Waals surface area contributed by atoms with E-state index in [1.165, 1.54) is 0 Å². The second-order valence-corrected chi connectivity index (χ2v) is 6.56. The van der Waals surface area contributed by atoms with Crippen molar-refractivity contribution in [2.24, 2.45) is 0 Å². The van der Waals surface area contributed by atoms with E-state index in [0.717, 1.165) is 29.5 Å². The first-order valence-electron chi connectivity index (χ1n) is 8.35. The van der Waals surface area contributed by atoms with Crippen molar-refractivity contribution in [3.8, 4) is 5.75 Å². The van der Waals surface area contributed by atoms with E-state index < -0.39 is 11.3 Å². The van der Waals surface area contributed by atoms with Crippen molar-refractivity contribution in [1.82, 2.24) is 10.9 Å². The molecule has 1 saturated carbocycles. The van der Waals surface area contributed by atoms with Gasteiger partial charge in [0.25, 0.3) is 5.91 Å². The van der Waals surface area contributed by atoms with Gasteiger partial charge in [-0.25, -0.2) is 0 Å². The molecule has 0 heterocycles. The second kappa shape index (κ2) is 6.97. The smallest absolute Gasteiger partial charge is 0.276 e. The number of ether oxygens (including phenoxy) is 1. The van der Waals surface area contributed by atoms with Crippen molar-refractivity contribution in [3.63, 3.8) is 0 Å². The number of hydrazine groups is 1. The molecule has 2 aromatic carbocycles. The van der Waals surface area contributed by atoms with Gasteiger partial charge in [0.2, 0.25) is 5.91 Å². The maximum absolute atomic E-state index is 12.4. The van der Waals surface area contributed by atoms with Crippen LogP contribution >= 0.6 is 0 Å². The molecule has 2 aromatic rings. The summed E-state index contributed by atoms with van der Waals surface area (Å²) in [5.74, 6) is 0.0664. The van der Waals surface area contributed by atoms with Crippen molar-refractivity contribution in [2.45, 2.75) is 32.1 Å². The number of carbonyl (C=O) groups is 2. The average molecular weight is 338 g/mol. The van der Waals surface area contributed by atoms with Crippen molar-refractivity contribution < 1.29 is 14.3 Å². The standard InChI is InChI=1S/C20H22N2O3/c1-14-10-15(2)12-17(11-14)25-13-18(23)21-22-19(24)20(8-9-20)16-6-4-3-5-7-16/h3-7,10-12H,8-9,13H2,1-2H3,(H,21,23)(H,22,24). The van der Waals surface area contributed by atoms with E-state index in [-0.39, 0.29) is 12.5 Å². The number of benzene rings is 2. The minimum absolute atomic E-state index is 0.151. The lowest BCUT2D eigenvalue weighted by molar-refractivity contribution is -0.131. The molecule has 1 aliphatic carbocycles. The fourth-order valence-electron chi connectivity index (χ4n) is 2.98. The number of hydrogen-bond acceptors (Lipinski definition) is 3. The summed E-state index contributed by atoms with van der Waals surface area (Å²) in [5, 5.41) is 0. The first-order chi connectivity index (χ1) is 12.0. The van der Waals surface area contributed by atoms with E-state index in [9.17, 15) is 9.59 Å². The van der Waals surface area contributed by atoms with Gasteiger partial charge in [0.05, 0.1) is 5.41 Å². The van der Waals surface area contributed by atoms with Crippen LogP contribution in [0.2, 0.25) is 0 Å². The van der Waals surface area contributed by atoms with Crippen molar-refractivity contribution in [3.05, 3.63) is 65.2 Å². The van der Waals surface area contributed by atoms with E-state index in [1.807, 2.05) is 62.4 Å². The Labute approximate surface area is 147 Å². The summed E-state index contributed by atoms with van der Waals surface area (Å²) in [6, 6.07) is 15.4. The fraction of sp³-hybridized carbons (Fsp3) is 0.300. The van der Waals surface area contributed by atoms with Gasteiger partial charge in [0, 0.05) is 0 Å². The summed E-state index contributed by atoms with van der Waals surface area (Å²) >= 11 is 0. The predicted molar refractivity (Wildman–Crippen MR) is 95.1 cm³/mol. The zero-order chi connectivity index (χ0) is 17.9. The van der Waals surface area contributed by atoms with Crippen molar-refractivity contribution >= 4 is 11.8 Å². The summed E-state index contributed by atoms with van der Waals surface area (Å²) < 4.78 is 5.48. The van der Waals surface area contributed by atoms with Gasteiger partial charge in [-0.1, -0.05) is 36.4 Å². The number of nitrogens with one attached hydrogen (secondary N) is 2. The Kier molecular flexibility index (Phi) is 4.74. The van der Waals surface area contributed by atoms with Gasteiger partial charge in [-0.15, -0.1) is 0 Å². The highest BCUT2D eigenvalue weighted by Crippen LogP contribution is 2.48. The third-order valence-corrected chi connectivity index (χ3v) is 4.39. The summed E-state index contributed by atoms with van der Waals surface area (Å²) in [7, 11) is 0. The topological polar surface area (TPSA) is 67.4 Å². The third kappa shape index (κ3) is 3.99. The Morgan fingerprint density at radius 2 is 1.64 bits per heavy atom. The van der Waals surface area contributed by atoms with Gasteiger partial charge in [0.15, 0.2) is 6.61 Å². The van der Waals surface area contributed by atoms with Crippen LogP contribution in [-0.4, -0.2) is 18.4 Å². The number of amides is 2. The van der Waals surface area contributed by atoms with Gasteiger partial charge in [0.1, 0.15) is 5.75 Å². The molecule has 0 aliphatic heterocycles. The SMILES string of the molecule is Cc1cc(C)cc(OCC(=O)NNC(=O)C2(c3ccccc3)CC2)c1. The van der Waals surface area contributed by atoms with E-state index in [0.29, 0.717) is 5.75 Å². The van der Waals surface area contributed by atoms with Crippen LogP contribution in [-0.2, 0) is 15.0 Å². The first-order valence-corrected chi connectivity index (χ1v) is 8.35. The monoisotopic (exact) mass is 338 g/mol. The normalized spacial score (nSPS) is 14.5. The number of rotatable bonds is 5. The zero-order valence-electron chi connectivity index (χ0n) is 14.5. The number of hydrogen-bond donors (Lipinski definition) is 2. The number of carbonyl (C=O) groups excluding carboxylic acids is 2. The molecule has 1 fully saturated rings. The van der Waals surface area contributed by atoms with Crippen molar-refractivity contribution in [1.29, 1.82) is 0 Å². The highest BCUT2D eigenvalue weighted by atomic mass is 16.5. The molecular formula is C20H22N2O3. The highest BCUT2D eigenvalue weighted by Gasteiger charge is 2.51.